The van der Waals surface area contributed by atoms with Gasteiger partial charge in [0, 0.05) is 35.8 Å². The fourth-order valence-corrected chi connectivity index (χ4v) is 4.23. The fourth-order valence-electron chi connectivity index (χ4n) is 3.36. The van der Waals surface area contributed by atoms with Crippen molar-refractivity contribution in [2.24, 2.45) is 0 Å². The van der Waals surface area contributed by atoms with Crippen molar-refractivity contribution < 1.29 is 9.59 Å². The van der Waals surface area contributed by atoms with Crippen LogP contribution >= 0.6 is 11.8 Å². The number of aromatic amines is 1. The molecule has 0 saturated carbocycles. The first kappa shape index (κ1) is 22.9. The first-order chi connectivity index (χ1) is 15.0. The van der Waals surface area contributed by atoms with E-state index < -0.39 is 11.3 Å². The van der Waals surface area contributed by atoms with Crippen molar-refractivity contribution in [3.8, 4) is 11.4 Å². The molecule has 0 aliphatic rings. The van der Waals surface area contributed by atoms with Crippen LogP contribution in [-0.4, -0.2) is 43.5 Å². The number of hydrogen-bond acceptors (Lipinski definition) is 5. The molecule has 1 atom stereocenters. The third-order valence-corrected chi connectivity index (χ3v) is 6.09. The first-order valence-corrected chi connectivity index (χ1v) is 11.7. The first-order valence-electron chi connectivity index (χ1n) is 10.8. The van der Waals surface area contributed by atoms with Crippen molar-refractivity contribution in [2.45, 2.75) is 63.4 Å². The van der Waals surface area contributed by atoms with Gasteiger partial charge in [-0.25, -0.2) is 4.79 Å². The lowest BCUT2D eigenvalue weighted by Gasteiger charge is -2.13. The number of nitrogens with zero attached hydrogens (tertiary/aromatic N) is 3. The van der Waals surface area contributed by atoms with E-state index in [0.717, 1.165) is 48.1 Å². The lowest BCUT2D eigenvalue weighted by molar-refractivity contribution is -0.119. The molecule has 0 aliphatic carbocycles. The van der Waals surface area contributed by atoms with E-state index in [-0.39, 0.29) is 5.91 Å². The Bertz CT molecular complexity index is 1030. The van der Waals surface area contributed by atoms with Crippen LogP contribution in [0.15, 0.2) is 35.6 Å². The summed E-state index contributed by atoms with van der Waals surface area (Å²) < 4.78 is 2.09. The molecule has 0 unspecified atom stereocenters. The SMILES string of the molecule is CCCCCCn1c(S[C@@H](C)C(=O)NC(=O)NCC)nnc1-c1c[nH]c2ccccc12. The summed E-state index contributed by atoms with van der Waals surface area (Å²) in [7, 11) is 0. The number of urea groups is 1. The van der Waals surface area contributed by atoms with Crippen LogP contribution in [0.25, 0.3) is 22.3 Å². The van der Waals surface area contributed by atoms with Crippen LogP contribution < -0.4 is 10.6 Å². The molecule has 0 radical (unpaired) electrons. The lowest BCUT2D eigenvalue weighted by atomic mass is 10.1. The Morgan fingerprint density at radius 2 is 1.97 bits per heavy atom. The molecule has 3 rings (SSSR count). The minimum Gasteiger partial charge on any atom is -0.360 e. The maximum Gasteiger partial charge on any atom is 0.321 e. The fraction of sp³-hybridized carbons (Fsp3) is 0.455. The molecule has 0 aliphatic heterocycles. The molecule has 0 saturated heterocycles. The number of nitrogens with one attached hydrogen (secondary N) is 3. The van der Waals surface area contributed by atoms with Crippen LogP contribution in [0.3, 0.4) is 0 Å². The van der Waals surface area contributed by atoms with Gasteiger partial charge in [0.05, 0.1) is 5.25 Å². The molecule has 166 valence electrons. The number of carbonyl (C=O) groups excluding carboxylic acids is 2. The van der Waals surface area contributed by atoms with Gasteiger partial charge in [0.2, 0.25) is 5.91 Å². The van der Waals surface area contributed by atoms with Gasteiger partial charge in [-0.15, -0.1) is 10.2 Å². The molecule has 31 heavy (non-hydrogen) atoms. The van der Waals surface area contributed by atoms with E-state index in [1.807, 2.05) is 24.4 Å². The lowest BCUT2D eigenvalue weighted by Crippen LogP contribution is -2.42. The second-order valence-electron chi connectivity index (χ2n) is 7.38. The van der Waals surface area contributed by atoms with Crippen LogP contribution in [-0.2, 0) is 11.3 Å². The minimum atomic E-state index is -0.489. The predicted octanol–water partition coefficient (Wildman–Crippen LogP) is 4.33. The second-order valence-corrected chi connectivity index (χ2v) is 8.68. The topological polar surface area (TPSA) is 105 Å². The molecule has 3 N–H and O–H groups in total. The third kappa shape index (κ3) is 5.66. The van der Waals surface area contributed by atoms with Crippen molar-refractivity contribution >= 4 is 34.6 Å². The third-order valence-electron chi connectivity index (χ3n) is 5.01. The monoisotopic (exact) mass is 442 g/mol. The number of H-pyrrole nitrogens is 1. The van der Waals surface area contributed by atoms with Crippen LogP contribution in [0.2, 0.25) is 0 Å². The van der Waals surface area contributed by atoms with E-state index >= 15 is 0 Å². The van der Waals surface area contributed by atoms with Crippen molar-refractivity contribution in [2.75, 3.05) is 6.54 Å². The van der Waals surface area contributed by atoms with Crippen LogP contribution in [0.1, 0.15) is 46.5 Å². The van der Waals surface area contributed by atoms with Gasteiger partial charge in [-0.3, -0.25) is 10.1 Å². The van der Waals surface area contributed by atoms with Gasteiger partial charge < -0.3 is 14.9 Å². The van der Waals surface area contributed by atoms with Gasteiger partial charge in [0.25, 0.3) is 0 Å². The van der Waals surface area contributed by atoms with Crippen molar-refractivity contribution in [1.29, 1.82) is 0 Å². The molecular formula is C22H30N6O2S. The van der Waals surface area contributed by atoms with E-state index in [0.29, 0.717) is 11.7 Å². The highest BCUT2D eigenvalue weighted by Gasteiger charge is 2.23. The van der Waals surface area contributed by atoms with Gasteiger partial charge in [-0.05, 0) is 26.3 Å². The Balaban J connectivity index is 1.84. The number of fused-ring (bicyclic) bond motifs is 1. The van der Waals surface area contributed by atoms with Gasteiger partial charge >= 0.3 is 6.03 Å². The average molecular weight is 443 g/mol. The highest BCUT2D eigenvalue weighted by Crippen LogP contribution is 2.31. The molecule has 2 heterocycles. The zero-order valence-corrected chi connectivity index (χ0v) is 19.1. The summed E-state index contributed by atoms with van der Waals surface area (Å²) in [4.78, 5) is 27.4. The van der Waals surface area contributed by atoms with E-state index in [2.05, 4.69) is 43.4 Å². The predicted molar refractivity (Wildman–Crippen MR) is 124 cm³/mol. The van der Waals surface area contributed by atoms with E-state index in [1.54, 1.807) is 13.8 Å². The number of para-hydroxylation sites is 1. The van der Waals surface area contributed by atoms with Gasteiger partial charge in [-0.1, -0.05) is 56.1 Å². The Morgan fingerprint density at radius 3 is 2.74 bits per heavy atom. The highest BCUT2D eigenvalue weighted by molar-refractivity contribution is 8.00. The number of carbonyl (C=O) groups is 2. The molecule has 3 aromatic rings. The summed E-state index contributed by atoms with van der Waals surface area (Å²) in [6.07, 6.45) is 6.43. The van der Waals surface area contributed by atoms with E-state index in [9.17, 15) is 9.59 Å². The number of unbranched alkanes of at least 4 members (excludes halogenated alkanes) is 3. The van der Waals surface area contributed by atoms with Crippen LogP contribution in [0.4, 0.5) is 4.79 Å². The normalized spacial score (nSPS) is 12.1. The summed E-state index contributed by atoms with van der Waals surface area (Å²) in [5.74, 6) is 0.429. The molecule has 0 fully saturated rings. The molecule has 9 heteroatoms. The van der Waals surface area contributed by atoms with Gasteiger partial charge in [0.15, 0.2) is 11.0 Å². The molecule has 2 aromatic heterocycles. The Hall–Kier alpha value is -2.81. The van der Waals surface area contributed by atoms with Crippen LogP contribution in [0, 0.1) is 0 Å². The second kappa shape index (κ2) is 11.0. The number of benzene rings is 1. The number of amides is 3. The molecular weight excluding hydrogens is 412 g/mol. The molecule has 0 bridgehead atoms. The van der Waals surface area contributed by atoms with Crippen molar-refractivity contribution in [1.82, 2.24) is 30.4 Å². The quantitative estimate of drug-likeness (QED) is 0.320. The number of rotatable bonds is 10. The number of aromatic nitrogens is 4. The summed E-state index contributed by atoms with van der Waals surface area (Å²) >= 11 is 1.31. The zero-order chi connectivity index (χ0) is 22.2. The molecule has 8 nitrogen and oxygen atoms in total. The van der Waals surface area contributed by atoms with E-state index in [1.165, 1.54) is 18.2 Å². The summed E-state index contributed by atoms with van der Waals surface area (Å²) in [5, 5.41) is 15.1. The summed E-state index contributed by atoms with van der Waals surface area (Å²) in [5.41, 5.74) is 2.03. The largest absolute Gasteiger partial charge is 0.360 e. The molecule has 0 spiro atoms. The highest BCUT2D eigenvalue weighted by atomic mass is 32.2. The Kier molecular flexibility index (Phi) is 8.11. The van der Waals surface area contributed by atoms with E-state index in [4.69, 9.17) is 0 Å². The Labute approximate surface area is 186 Å². The maximum atomic E-state index is 12.4. The maximum absolute atomic E-state index is 12.4. The van der Waals surface area contributed by atoms with Crippen molar-refractivity contribution in [3.05, 3.63) is 30.5 Å². The van der Waals surface area contributed by atoms with Crippen LogP contribution in [0.5, 0.6) is 0 Å². The summed E-state index contributed by atoms with van der Waals surface area (Å²) in [6, 6.07) is 7.61. The minimum absolute atomic E-state index is 0.356. The summed E-state index contributed by atoms with van der Waals surface area (Å²) in [6.45, 7) is 6.98. The average Bonchev–Trinajstić information content (AvgIpc) is 3.35. The number of imide groups is 1. The smallest absolute Gasteiger partial charge is 0.321 e. The standard InChI is InChI=1S/C22H30N6O2S/c1-4-6-7-10-13-28-19(17-14-24-18-12-9-8-11-16(17)18)26-27-22(28)31-15(3)20(29)25-21(30)23-5-2/h8-9,11-12,14-15,24H,4-7,10,13H2,1-3H3,(H2,23,25,29,30)/t15-/m0/s1. The number of hydrogen-bond donors (Lipinski definition) is 3. The van der Waals surface area contributed by atoms with Gasteiger partial charge in [-0.2, -0.15) is 0 Å². The van der Waals surface area contributed by atoms with Crippen molar-refractivity contribution in [3.63, 3.8) is 0 Å². The molecule has 3 amide bonds. The van der Waals surface area contributed by atoms with Gasteiger partial charge in [0.1, 0.15) is 0 Å². The zero-order valence-electron chi connectivity index (χ0n) is 18.3. The number of thioether (sulfide) groups is 1. The Morgan fingerprint density at radius 1 is 1.16 bits per heavy atom. The molecule has 1 aromatic carbocycles.